The van der Waals surface area contributed by atoms with E-state index in [0.29, 0.717) is 23.8 Å². The second-order valence-corrected chi connectivity index (χ2v) is 8.85. The highest BCUT2D eigenvalue weighted by molar-refractivity contribution is 5.88. The van der Waals surface area contributed by atoms with E-state index in [1.807, 2.05) is 6.07 Å². The summed E-state index contributed by atoms with van der Waals surface area (Å²) in [7, 11) is 0. The standard InChI is InChI=1S/C28H22FN3O/c1-17(14-30)27-22-10-6-18(12-20(22)16-33-26-13-21(29)9-11-23(26)27)15-32-25-5-3-2-4-24(25)31-28(32)19-7-8-19/h2-6,9-13,19H,7-8,15-16H2,1H3. The van der Waals surface area contributed by atoms with Crippen LogP contribution in [0.15, 0.2) is 66.2 Å². The van der Waals surface area contributed by atoms with Gasteiger partial charge in [0.15, 0.2) is 0 Å². The van der Waals surface area contributed by atoms with Crippen molar-refractivity contribution >= 4 is 16.6 Å². The molecule has 0 N–H and O–H groups in total. The number of benzene rings is 3. The van der Waals surface area contributed by atoms with Crippen LogP contribution in [0.1, 0.15) is 53.8 Å². The second kappa shape index (κ2) is 7.60. The van der Waals surface area contributed by atoms with Crippen LogP contribution in [0, 0.1) is 17.1 Å². The van der Waals surface area contributed by atoms with Crippen molar-refractivity contribution in [2.45, 2.75) is 38.8 Å². The van der Waals surface area contributed by atoms with E-state index in [1.165, 1.54) is 25.0 Å². The van der Waals surface area contributed by atoms with E-state index in [-0.39, 0.29) is 5.82 Å². The summed E-state index contributed by atoms with van der Waals surface area (Å²) in [5.41, 5.74) is 7.41. The van der Waals surface area contributed by atoms with E-state index in [9.17, 15) is 9.65 Å². The molecule has 0 bridgehead atoms. The van der Waals surface area contributed by atoms with Gasteiger partial charge in [0.2, 0.25) is 0 Å². The minimum Gasteiger partial charge on any atom is -0.488 e. The molecule has 5 heteroatoms. The van der Waals surface area contributed by atoms with Gasteiger partial charge in [0.25, 0.3) is 0 Å². The third-order valence-corrected chi connectivity index (χ3v) is 6.55. The van der Waals surface area contributed by atoms with E-state index in [2.05, 4.69) is 47.0 Å². The number of ether oxygens (including phenoxy) is 1. The van der Waals surface area contributed by atoms with Gasteiger partial charge in [0.05, 0.1) is 17.1 Å². The van der Waals surface area contributed by atoms with Crippen molar-refractivity contribution < 1.29 is 9.13 Å². The van der Waals surface area contributed by atoms with Crippen LogP contribution in [0.5, 0.6) is 5.75 Å². The lowest BCUT2D eigenvalue weighted by Crippen LogP contribution is -2.06. The van der Waals surface area contributed by atoms with Crippen molar-refractivity contribution in [1.29, 1.82) is 5.26 Å². The van der Waals surface area contributed by atoms with E-state index in [1.54, 1.807) is 13.0 Å². The predicted octanol–water partition coefficient (Wildman–Crippen LogP) is 6.34. The average Bonchev–Trinajstić information content (AvgIpc) is 3.63. The van der Waals surface area contributed by atoms with Crippen molar-refractivity contribution in [3.05, 3.63) is 100 Å². The van der Waals surface area contributed by atoms with Gasteiger partial charge in [-0.3, -0.25) is 0 Å². The van der Waals surface area contributed by atoms with Crippen molar-refractivity contribution in [3.8, 4) is 11.8 Å². The first-order chi connectivity index (χ1) is 16.1. The Balaban J connectivity index is 1.45. The molecular formula is C28H22FN3O. The van der Waals surface area contributed by atoms with E-state index >= 15 is 0 Å². The maximum Gasteiger partial charge on any atom is 0.130 e. The molecule has 0 unspecified atom stereocenters. The molecule has 1 aliphatic heterocycles. The highest BCUT2D eigenvalue weighted by atomic mass is 19.1. The van der Waals surface area contributed by atoms with Gasteiger partial charge in [0.1, 0.15) is 24.0 Å². The SMILES string of the molecule is CC(C#N)=C1c2ccc(Cn3c(C4CC4)nc4ccccc43)cc2COc2cc(F)ccc21. The number of rotatable bonds is 3. The van der Waals surface area contributed by atoms with Gasteiger partial charge in [-0.05, 0) is 66.8 Å². The summed E-state index contributed by atoms with van der Waals surface area (Å²) in [6.45, 7) is 2.84. The number of allylic oxidation sites excluding steroid dienone is 1. The highest BCUT2D eigenvalue weighted by Crippen LogP contribution is 2.42. The van der Waals surface area contributed by atoms with Crippen molar-refractivity contribution in [1.82, 2.24) is 9.55 Å². The Morgan fingerprint density at radius 1 is 1.12 bits per heavy atom. The highest BCUT2D eigenvalue weighted by Gasteiger charge is 2.30. The number of halogens is 1. The molecule has 2 heterocycles. The molecule has 0 amide bonds. The Morgan fingerprint density at radius 3 is 2.76 bits per heavy atom. The van der Waals surface area contributed by atoms with Crippen LogP contribution < -0.4 is 4.74 Å². The molecule has 4 nitrogen and oxygen atoms in total. The Hall–Kier alpha value is -3.91. The maximum absolute atomic E-state index is 13.9. The molecule has 1 aromatic heterocycles. The summed E-state index contributed by atoms with van der Waals surface area (Å²) in [6, 6.07) is 21.4. The monoisotopic (exact) mass is 435 g/mol. The van der Waals surface area contributed by atoms with E-state index < -0.39 is 0 Å². The van der Waals surface area contributed by atoms with Crippen LogP contribution in [-0.2, 0) is 13.2 Å². The Morgan fingerprint density at radius 2 is 1.94 bits per heavy atom. The molecule has 162 valence electrons. The summed E-state index contributed by atoms with van der Waals surface area (Å²) >= 11 is 0. The lowest BCUT2D eigenvalue weighted by Gasteiger charge is -2.14. The van der Waals surface area contributed by atoms with Crippen LogP contribution in [0.4, 0.5) is 4.39 Å². The summed E-state index contributed by atoms with van der Waals surface area (Å²) < 4.78 is 22.2. The molecule has 2 aliphatic rings. The molecule has 1 saturated carbocycles. The molecule has 4 aromatic rings. The van der Waals surface area contributed by atoms with Crippen LogP contribution in [0.2, 0.25) is 0 Å². The predicted molar refractivity (Wildman–Crippen MR) is 125 cm³/mol. The molecular weight excluding hydrogens is 413 g/mol. The van der Waals surface area contributed by atoms with Crippen molar-refractivity contribution in [2.75, 3.05) is 0 Å². The lowest BCUT2D eigenvalue weighted by molar-refractivity contribution is 0.305. The van der Waals surface area contributed by atoms with Crippen LogP contribution in [0.25, 0.3) is 16.6 Å². The minimum absolute atomic E-state index is 0.321. The van der Waals surface area contributed by atoms with Crippen LogP contribution in [0.3, 0.4) is 0 Å². The Kier molecular flexibility index (Phi) is 4.55. The zero-order valence-electron chi connectivity index (χ0n) is 18.3. The first kappa shape index (κ1) is 19.8. The number of nitrogens with zero attached hydrogens (tertiary/aromatic N) is 3. The number of para-hydroxylation sites is 2. The smallest absolute Gasteiger partial charge is 0.130 e. The third-order valence-electron chi connectivity index (χ3n) is 6.55. The molecule has 6 rings (SSSR count). The fraction of sp³-hybridized carbons (Fsp3) is 0.214. The van der Waals surface area contributed by atoms with Gasteiger partial charge in [-0.1, -0.05) is 24.3 Å². The molecule has 33 heavy (non-hydrogen) atoms. The van der Waals surface area contributed by atoms with Crippen LogP contribution in [-0.4, -0.2) is 9.55 Å². The molecule has 0 saturated heterocycles. The van der Waals surface area contributed by atoms with Gasteiger partial charge in [-0.2, -0.15) is 5.26 Å². The quantitative estimate of drug-likeness (QED) is 0.353. The van der Waals surface area contributed by atoms with Crippen molar-refractivity contribution in [3.63, 3.8) is 0 Å². The third kappa shape index (κ3) is 3.39. The van der Waals surface area contributed by atoms with Crippen LogP contribution >= 0.6 is 0 Å². The summed E-state index contributed by atoms with van der Waals surface area (Å²) in [5, 5.41) is 9.67. The lowest BCUT2D eigenvalue weighted by atomic mass is 9.90. The number of nitriles is 1. The zero-order valence-corrected chi connectivity index (χ0v) is 18.3. The van der Waals surface area contributed by atoms with E-state index in [0.717, 1.165) is 51.2 Å². The molecule has 0 spiro atoms. The van der Waals surface area contributed by atoms with E-state index in [4.69, 9.17) is 9.72 Å². The average molecular weight is 436 g/mol. The molecule has 3 aromatic carbocycles. The normalized spacial score (nSPS) is 16.4. The summed E-state index contributed by atoms with van der Waals surface area (Å²) in [4.78, 5) is 4.91. The van der Waals surface area contributed by atoms with Gasteiger partial charge in [-0.15, -0.1) is 0 Å². The number of hydrogen-bond donors (Lipinski definition) is 0. The Labute approximate surface area is 191 Å². The van der Waals surface area contributed by atoms with Gasteiger partial charge < -0.3 is 9.30 Å². The number of aromatic nitrogens is 2. The molecule has 0 radical (unpaired) electrons. The summed E-state index contributed by atoms with van der Waals surface area (Å²) in [6.07, 6.45) is 2.38. The maximum atomic E-state index is 13.9. The van der Waals surface area contributed by atoms with Gasteiger partial charge in [0, 0.05) is 35.2 Å². The molecule has 0 atom stereocenters. The van der Waals surface area contributed by atoms with Gasteiger partial charge >= 0.3 is 0 Å². The van der Waals surface area contributed by atoms with Crippen molar-refractivity contribution in [2.24, 2.45) is 0 Å². The minimum atomic E-state index is -0.353. The first-order valence-electron chi connectivity index (χ1n) is 11.2. The Bertz CT molecular complexity index is 1490. The molecule has 1 aliphatic carbocycles. The number of fused-ring (bicyclic) bond motifs is 3. The topological polar surface area (TPSA) is 50.8 Å². The fourth-order valence-corrected chi connectivity index (χ4v) is 4.79. The summed E-state index contributed by atoms with van der Waals surface area (Å²) in [5.74, 6) is 1.81. The van der Waals surface area contributed by atoms with Gasteiger partial charge in [-0.25, -0.2) is 9.37 Å². The largest absolute Gasteiger partial charge is 0.488 e. The fourth-order valence-electron chi connectivity index (χ4n) is 4.79. The first-order valence-corrected chi connectivity index (χ1v) is 11.2. The number of imidazole rings is 1. The second-order valence-electron chi connectivity index (χ2n) is 8.85. The zero-order chi connectivity index (χ0) is 22.5. The number of hydrogen-bond acceptors (Lipinski definition) is 3. The molecule has 1 fully saturated rings.